The van der Waals surface area contributed by atoms with Gasteiger partial charge in [-0.2, -0.15) is 18.2 Å². The summed E-state index contributed by atoms with van der Waals surface area (Å²) in [7, 11) is 0. The number of fused-ring (bicyclic) bond motifs is 1. The number of alkyl halides is 3. The van der Waals surface area contributed by atoms with Crippen LogP contribution >= 0.6 is 11.6 Å². The monoisotopic (exact) mass is 410 g/mol. The number of rotatable bonds is 5. The van der Waals surface area contributed by atoms with Crippen molar-refractivity contribution in [3.63, 3.8) is 0 Å². The summed E-state index contributed by atoms with van der Waals surface area (Å²) < 4.78 is 40.5. The molecule has 0 saturated carbocycles. The van der Waals surface area contributed by atoms with Crippen molar-refractivity contribution in [3.05, 3.63) is 69.9 Å². The Bertz CT molecular complexity index is 1110. The second-order valence-electron chi connectivity index (χ2n) is 5.84. The van der Waals surface area contributed by atoms with Gasteiger partial charge in [0, 0.05) is 13.0 Å². The molecule has 0 spiro atoms. The number of aromatic nitrogens is 3. The zero-order valence-corrected chi connectivity index (χ0v) is 15.1. The molecule has 0 radical (unpaired) electrons. The van der Waals surface area contributed by atoms with Gasteiger partial charge in [-0.3, -0.25) is 0 Å². The van der Waals surface area contributed by atoms with Crippen LogP contribution in [0, 0.1) is 0 Å². The van der Waals surface area contributed by atoms with E-state index < -0.39 is 17.6 Å². The van der Waals surface area contributed by atoms with Gasteiger partial charge >= 0.3 is 11.9 Å². The topological polar surface area (TPSA) is 80.0 Å². The average molecular weight is 411 g/mol. The Morgan fingerprint density at radius 2 is 1.93 bits per heavy atom. The summed E-state index contributed by atoms with van der Waals surface area (Å²) in [5, 5.41) is 12.3. The summed E-state index contributed by atoms with van der Waals surface area (Å²) >= 11 is 6.13. The Morgan fingerprint density at radius 3 is 2.57 bits per heavy atom. The minimum absolute atomic E-state index is 0.0470. The smallest absolute Gasteiger partial charge is 0.433 e. The summed E-state index contributed by atoms with van der Waals surface area (Å²) in [5.41, 5.74) is -2.08. The first-order valence-corrected chi connectivity index (χ1v) is 8.43. The molecule has 2 heterocycles. The van der Waals surface area contributed by atoms with Gasteiger partial charge in [0.15, 0.2) is 5.65 Å². The minimum Gasteiger partial charge on any atom is -0.513 e. The number of para-hydroxylation sites is 1. The van der Waals surface area contributed by atoms with Gasteiger partial charge in [0.25, 0.3) is 0 Å². The van der Waals surface area contributed by atoms with Crippen molar-refractivity contribution in [1.82, 2.24) is 14.5 Å². The highest BCUT2D eigenvalue weighted by Gasteiger charge is 2.33. The average Bonchev–Trinajstić information content (AvgIpc) is 2.61. The molecule has 1 aromatic carbocycles. The van der Waals surface area contributed by atoms with Gasteiger partial charge in [-0.1, -0.05) is 30.3 Å². The lowest BCUT2D eigenvalue weighted by atomic mass is 10.2. The van der Waals surface area contributed by atoms with E-state index in [0.29, 0.717) is 0 Å². The van der Waals surface area contributed by atoms with Crippen molar-refractivity contribution in [2.75, 3.05) is 11.9 Å². The van der Waals surface area contributed by atoms with Crippen molar-refractivity contribution in [3.8, 4) is 5.69 Å². The predicted molar refractivity (Wildman–Crippen MR) is 100 cm³/mol. The molecule has 0 amide bonds. The second kappa shape index (κ2) is 7.51. The Hall–Kier alpha value is -3.07. The van der Waals surface area contributed by atoms with Crippen molar-refractivity contribution in [2.24, 2.45) is 0 Å². The lowest BCUT2D eigenvalue weighted by Crippen LogP contribution is -2.25. The van der Waals surface area contributed by atoms with Crippen LogP contribution in [-0.2, 0) is 6.18 Å². The zero-order valence-electron chi connectivity index (χ0n) is 14.3. The molecule has 28 heavy (non-hydrogen) atoms. The number of hydrogen-bond donors (Lipinski definition) is 2. The fraction of sp³-hybridized carbons (Fsp3) is 0.167. The predicted octanol–water partition coefficient (Wildman–Crippen LogP) is 4.33. The first-order chi connectivity index (χ1) is 13.2. The van der Waals surface area contributed by atoms with Gasteiger partial charge in [0.2, 0.25) is 0 Å². The molecule has 0 bridgehead atoms. The molecule has 146 valence electrons. The SMILES string of the molecule is C=C(O)CCNc1nc(=O)n(-c2ccccc2Cl)c2nc(C(F)(F)F)ccc12. The third-order valence-electron chi connectivity index (χ3n) is 3.83. The zero-order chi connectivity index (χ0) is 20.5. The molecule has 0 aliphatic rings. The summed E-state index contributed by atoms with van der Waals surface area (Å²) in [6, 6.07) is 8.19. The lowest BCUT2D eigenvalue weighted by molar-refractivity contribution is -0.141. The maximum Gasteiger partial charge on any atom is 0.433 e. The first-order valence-electron chi connectivity index (χ1n) is 8.05. The Kier molecular flexibility index (Phi) is 5.28. The number of hydrogen-bond acceptors (Lipinski definition) is 5. The molecule has 3 rings (SSSR count). The van der Waals surface area contributed by atoms with Crippen LogP contribution in [0.3, 0.4) is 0 Å². The molecular formula is C18H14ClF3N4O2. The fourth-order valence-corrected chi connectivity index (χ4v) is 2.79. The number of anilines is 1. The first kappa shape index (κ1) is 19.7. The number of benzene rings is 1. The maximum atomic E-state index is 13.2. The molecule has 2 N–H and O–H groups in total. The highest BCUT2D eigenvalue weighted by Crippen LogP contribution is 2.31. The lowest BCUT2D eigenvalue weighted by Gasteiger charge is -2.15. The van der Waals surface area contributed by atoms with E-state index in [1.165, 1.54) is 18.2 Å². The molecule has 0 aliphatic heterocycles. The van der Waals surface area contributed by atoms with E-state index in [2.05, 4.69) is 21.9 Å². The Labute approximate surface area is 161 Å². The number of aliphatic hydroxyl groups excluding tert-OH is 1. The minimum atomic E-state index is -4.69. The Morgan fingerprint density at radius 1 is 1.21 bits per heavy atom. The maximum absolute atomic E-state index is 13.2. The van der Waals surface area contributed by atoms with Crippen LogP contribution < -0.4 is 11.0 Å². The van der Waals surface area contributed by atoms with Crippen LogP contribution in [0.5, 0.6) is 0 Å². The fourth-order valence-electron chi connectivity index (χ4n) is 2.57. The standard InChI is InChI=1S/C18H14ClF3N4O2/c1-10(27)8-9-23-15-11-6-7-14(18(20,21)22)24-16(11)26(17(28)25-15)13-5-3-2-4-12(13)19/h2-7,27H,1,8-9H2,(H,23,25,28). The van der Waals surface area contributed by atoms with Gasteiger partial charge in [0.1, 0.15) is 11.5 Å². The molecule has 0 saturated heterocycles. The van der Waals surface area contributed by atoms with Gasteiger partial charge in [-0.15, -0.1) is 0 Å². The number of nitrogens with zero attached hydrogens (tertiary/aromatic N) is 3. The largest absolute Gasteiger partial charge is 0.513 e. The second-order valence-corrected chi connectivity index (χ2v) is 6.25. The van der Waals surface area contributed by atoms with Crippen molar-refractivity contribution < 1.29 is 18.3 Å². The van der Waals surface area contributed by atoms with E-state index in [4.69, 9.17) is 11.6 Å². The van der Waals surface area contributed by atoms with E-state index in [-0.39, 0.29) is 46.3 Å². The van der Waals surface area contributed by atoms with Crippen LogP contribution in [0.25, 0.3) is 16.7 Å². The normalized spacial score (nSPS) is 11.6. The summed E-state index contributed by atoms with van der Waals surface area (Å²) in [6.45, 7) is 3.52. The van der Waals surface area contributed by atoms with Crippen LogP contribution in [0.2, 0.25) is 5.02 Å². The number of aliphatic hydroxyl groups is 1. The van der Waals surface area contributed by atoms with Gasteiger partial charge in [-0.05, 0) is 24.3 Å². The number of halogens is 4. The summed E-state index contributed by atoms with van der Waals surface area (Å²) in [5.74, 6) is -0.0375. The third kappa shape index (κ3) is 3.94. The molecule has 3 aromatic rings. The highest BCUT2D eigenvalue weighted by atomic mass is 35.5. The molecule has 0 atom stereocenters. The van der Waals surface area contributed by atoms with E-state index >= 15 is 0 Å². The van der Waals surface area contributed by atoms with Crippen LogP contribution in [-0.4, -0.2) is 26.2 Å². The van der Waals surface area contributed by atoms with Gasteiger partial charge in [-0.25, -0.2) is 14.3 Å². The molecule has 10 heteroatoms. The Balaban J connectivity index is 2.27. The van der Waals surface area contributed by atoms with E-state index in [1.807, 2.05) is 0 Å². The summed E-state index contributed by atoms with van der Waals surface area (Å²) in [6.07, 6.45) is -4.52. The number of pyridine rings is 1. The molecule has 0 aliphatic carbocycles. The van der Waals surface area contributed by atoms with Crippen LogP contribution in [0.1, 0.15) is 12.1 Å². The molecule has 0 fully saturated rings. The molecular weight excluding hydrogens is 397 g/mol. The molecule has 0 unspecified atom stereocenters. The molecule has 2 aromatic heterocycles. The van der Waals surface area contributed by atoms with E-state index in [1.54, 1.807) is 12.1 Å². The number of nitrogens with one attached hydrogen (secondary N) is 1. The van der Waals surface area contributed by atoms with Gasteiger partial charge in [0.05, 0.1) is 21.9 Å². The van der Waals surface area contributed by atoms with Crippen molar-refractivity contribution in [2.45, 2.75) is 12.6 Å². The highest BCUT2D eigenvalue weighted by molar-refractivity contribution is 6.32. The third-order valence-corrected chi connectivity index (χ3v) is 4.15. The van der Waals surface area contributed by atoms with Crippen LogP contribution in [0.4, 0.5) is 19.0 Å². The van der Waals surface area contributed by atoms with E-state index in [9.17, 15) is 23.1 Å². The van der Waals surface area contributed by atoms with Gasteiger partial charge < -0.3 is 10.4 Å². The quantitative estimate of drug-likeness (QED) is 0.612. The van der Waals surface area contributed by atoms with Crippen molar-refractivity contribution >= 4 is 28.5 Å². The van der Waals surface area contributed by atoms with Crippen LogP contribution in [0.15, 0.2) is 53.5 Å². The summed E-state index contributed by atoms with van der Waals surface area (Å²) in [4.78, 5) is 20.2. The van der Waals surface area contributed by atoms with E-state index in [0.717, 1.165) is 10.6 Å². The van der Waals surface area contributed by atoms with Crippen molar-refractivity contribution in [1.29, 1.82) is 0 Å². The molecule has 6 nitrogen and oxygen atoms in total.